The van der Waals surface area contributed by atoms with E-state index in [1.807, 2.05) is 69.2 Å². The van der Waals surface area contributed by atoms with Gasteiger partial charge in [-0.05, 0) is 94.9 Å². The molecule has 0 fully saturated rings. The molecule has 1 aromatic heterocycles. The Morgan fingerprint density at radius 1 is 0.904 bits per heavy atom. The van der Waals surface area contributed by atoms with Gasteiger partial charge in [0.2, 0.25) is 11.8 Å². The molecule has 3 amide bonds. The predicted octanol–water partition coefficient (Wildman–Crippen LogP) is 6.08. The molecule has 0 aliphatic carbocycles. The first-order valence-electron chi connectivity index (χ1n) is 17.6. The van der Waals surface area contributed by atoms with Gasteiger partial charge in [-0.25, -0.2) is 0 Å². The van der Waals surface area contributed by atoms with Crippen LogP contribution < -0.4 is 30.6 Å². The number of carbonyl (C=O) groups is 3. The molecule has 3 aromatic carbocycles. The van der Waals surface area contributed by atoms with Crippen molar-refractivity contribution in [2.75, 3.05) is 37.6 Å². The zero-order valence-electron chi connectivity index (χ0n) is 30.8. The maximum absolute atomic E-state index is 13.5. The van der Waals surface area contributed by atoms with Crippen LogP contribution >= 0.6 is 11.8 Å². The van der Waals surface area contributed by atoms with Crippen molar-refractivity contribution in [3.05, 3.63) is 77.9 Å². The zero-order valence-corrected chi connectivity index (χ0v) is 31.7. The van der Waals surface area contributed by atoms with Crippen molar-refractivity contribution in [2.24, 2.45) is 5.73 Å². The largest absolute Gasteiger partial charge is 0.493 e. The van der Waals surface area contributed by atoms with Crippen LogP contribution in [0, 0.1) is 0 Å². The minimum absolute atomic E-state index is 0.0486. The molecule has 13 heteroatoms. The summed E-state index contributed by atoms with van der Waals surface area (Å²) in [4.78, 5) is 41.2. The summed E-state index contributed by atoms with van der Waals surface area (Å²) in [5.74, 6) is 1.79. The normalized spacial score (nSPS) is 12.4. The summed E-state index contributed by atoms with van der Waals surface area (Å²) < 4.78 is 23.0. The van der Waals surface area contributed by atoms with Gasteiger partial charge in [0, 0.05) is 30.1 Å². The van der Waals surface area contributed by atoms with Gasteiger partial charge in [0.05, 0.1) is 31.8 Å². The summed E-state index contributed by atoms with van der Waals surface area (Å²) in [5, 5.41) is 10.3. The van der Waals surface area contributed by atoms with Crippen LogP contribution in [-0.2, 0) is 16.0 Å². The summed E-state index contributed by atoms with van der Waals surface area (Å²) in [7, 11) is 1.56. The lowest BCUT2D eigenvalue weighted by molar-refractivity contribution is -0.127. The molecule has 0 saturated carbocycles. The van der Waals surface area contributed by atoms with Crippen LogP contribution in [0.25, 0.3) is 11.0 Å². The summed E-state index contributed by atoms with van der Waals surface area (Å²) in [6.07, 6.45) is 4.18. The first-order valence-corrected chi connectivity index (χ1v) is 19.0. The van der Waals surface area contributed by atoms with E-state index in [4.69, 9.17) is 24.5 Å². The van der Waals surface area contributed by atoms with Crippen molar-refractivity contribution in [3.8, 4) is 17.2 Å². The van der Waals surface area contributed by atoms with Crippen LogP contribution in [0.5, 0.6) is 17.2 Å². The Balaban J connectivity index is 1.29. The highest BCUT2D eigenvalue weighted by molar-refractivity contribution is 7.98. The Morgan fingerprint density at radius 3 is 2.29 bits per heavy atom. The number of unbranched alkanes of at least 4 members (excludes halogenated alkanes) is 1. The molecule has 2 atom stereocenters. The number of nitrogens with zero attached hydrogens (tertiary/aromatic N) is 2. The minimum Gasteiger partial charge on any atom is -0.493 e. The number of hydrogen-bond acceptors (Lipinski definition) is 10. The van der Waals surface area contributed by atoms with Gasteiger partial charge in [0.15, 0.2) is 22.9 Å². The van der Waals surface area contributed by atoms with Crippen LogP contribution in [0.15, 0.2) is 71.3 Å². The fraction of sp³-hybridized carbons (Fsp3) is 0.436. The Hall–Kier alpha value is -4.75. The van der Waals surface area contributed by atoms with Crippen LogP contribution in [0.4, 0.5) is 5.82 Å². The lowest BCUT2D eigenvalue weighted by Crippen LogP contribution is -2.51. The third-order valence-corrected chi connectivity index (χ3v) is 9.04. The maximum atomic E-state index is 13.5. The molecule has 0 aliphatic rings. The summed E-state index contributed by atoms with van der Waals surface area (Å²) in [6, 6.07) is 18.5. The standard InChI is InChI=1S/C39H51N5O7S/c1-25(2)44(26(3)4)39(47)28-14-17-33(35(23-28)48-5)50-20-11-10-19-49-29-15-16-30-34(24-29)51-43-36(30)42-38(46)32(22-27-12-8-7-9-13-27)41-37(45)31(40)18-21-52-6/h7-9,12-17,23-26,31-32H,10-11,18-22,40H2,1-6H3,(H,41,45)(H,42,43,46)/t31-,32-/m0/s1. The molecular weight excluding hydrogens is 683 g/mol. The van der Waals surface area contributed by atoms with Gasteiger partial charge in [0.1, 0.15) is 11.8 Å². The molecule has 0 spiro atoms. The third kappa shape index (κ3) is 11.1. The number of rotatable bonds is 20. The molecule has 0 bridgehead atoms. The van der Waals surface area contributed by atoms with Gasteiger partial charge in [-0.1, -0.05) is 35.5 Å². The fourth-order valence-electron chi connectivity index (χ4n) is 5.73. The number of methoxy groups -OCH3 is 1. The molecule has 0 unspecified atom stereocenters. The highest BCUT2D eigenvalue weighted by atomic mass is 32.2. The second-order valence-corrected chi connectivity index (χ2v) is 14.0. The number of aromatic nitrogens is 1. The molecule has 0 aliphatic heterocycles. The van der Waals surface area contributed by atoms with E-state index < -0.39 is 18.0 Å². The number of carbonyl (C=O) groups excluding carboxylic acids is 3. The number of hydrogen-bond donors (Lipinski definition) is 3. The van der Waals surface area contributed by atoms with Crippen LogP contribution in [-0.4, -0.2) is 84.3 Å². The van der Waals surface area contributed by atoms with Crippen LogP contribution in [0.1, 0.15) is 62.9 Å². The average Bonchev–Trinajstić information content (AvgIpc) is 3.53. The number of fused-ring (bicyclic) bond motifs is 1. The monoisotopic (exact) mass is 733 g/mol. The van der Waals surface area contributed by atoms with E-state index in [0.29, 0.717) is 53.4 Å². The molecule has 0 saturated heterocycles. The van der Waals surface area contributed by atoms with Crippen molar-refractivity contribution < 1.29 is 33.1 Å². The van der Waals surface area contributed by atoms with E-state index in [2.05, 4.69) is 15.8 Å². The van der Waals surface area contributed by atoms with Gasteiger partial charge in [0.25, 0.3) is 5.91 Å². The molecule has 0 radical (unpaired) electrons. The van der Waals surface area contributed by atoms with Crippen molar-refractivity contribution in [2.45, 2.75) is 77.5 Å². The van der Waals surface area contributed by atoms with E-state index in [1.54, 1.807) is 55.3 Å². The highest BCUT2D eigenvalue weighted by Gasteiger charge is 2.26. The number of ether oxygens (including phenoxy) is 3. The number of nitrogens with two attached hydrogens (primary N) is 1. The molecule has 4 aromatic rings. The summed E-state index contributed by atoms with van der Waals surface area (Å²) in [6.45, 7) is 8.89. The quantitative estimate of drug-likeness (QED) is 0.0910. The van der Waals surface area contributed by atoms with Gasteiger partial charge >= 0.3 is 0 Å². The first kappa shape index (κ1) is 40.0. The molecule has 12 nitrogen and oxygen atoms in total. The first-order chi connectivity index (χ1) is 25.0. The highest BCUT2D eigenvalue weighted by Crippen LogP contribution is 2.30. The SMILES string of the molecule is COc1cc(C(=O)N(C(C)C)C(C)C)ccc1OCCCCOc1ccc2c(NC(=O)[C@H](Cc3ccccc3)NC(=O)[C@@H](N)CCSC)noc2c1. The van der Waals surface area contributed by atoms with Gasteiger partial charge < -0.3 is 40.0 Å². The zero-order chi connectivity index (χ0) is 37.6. The Labute approximate surface area is 310 Å². The Bertz CT molecular complexity index is 1760. The van der Waals surface area contributed by atoms with Gasteiger partial charge in [-0.3, -0.25) is 14.4 Å². The van der Waals surface area contributed by atoms with E-state index in [9.17, 15) is 14.4 Å². The lowest BCUT2D eigenvalue weighted by atomic mass is 10.0. The number of benzene rings is 3. The molecule has 4 rings (SSSR count). The summed E-state index contributed by atoms with van der Waals surface area (Å²) >= 11 is 1.61. The second kappa shape index (κ2) is 19.7. The number of thioether (sulfide) groups is 1. The van der Waals surface area contributed by atoms with Gasteiger partial charge in [-0.2, -0.15) is 11.8 Å². The van der Waals surface area contributed by atoms with Crippen molar-refractivity contribution in [1.29, 1.82) is 0 Å². The maximum Gasteiger partial charge on any atom is 0.254 e. The topological polar surface area (TPSA) is 158 Å². The van der Waals surface area contributed by atoms with Crippen LogP contribution in [0.3, 0.4) is 0 Å². The average molecular weight is 734 g/mol. The summed E-state index contributed by atoms with van der Waals surface area (Å²) in [5.41, 5.74) is 7.96. The van der Waals surface area contributed by atoms with Crippen LogP contribution in [0.2, 0.25) is 0 Å². The predicted molar refractivity (Wildman–Crippen MR) is 205 cm³/mol. The van der Waals surface area contributed by atoms with E-state index in [1.165, 1.54) is 0 Å². The van der Waals surface area contributed by atoms with E-state index >= 15 is 0 Å². The Kier molecular flexibility index (Phi) is 15.2. The molecule has 4 N–H and O–H groups in total. The molecular formula is C39H51N5O7S. The van der Waals surface area contributed by atoms with Crippen molar-refractivity contribution in [1.82, 2.24) is 15.4 Å². The molecule has 1 heterocycles. The van der Waals surface area contributed by atoms with Crippen molar-refractivity contribution in [3.63, 3.8) is 0 Å². The minimum atomic E-state index is -0.872. The third-order valence-electron chi connectivity index (χ3n) is 8.39. The smallest absolute Gasteiger partial charge is 0.254 e. The second-order valence-electron chi connectivity index (χ2n) is 13.0. The number of amides is 3. The number of nitrogens with one attached hydrogen (secondary N) is 2. The fourth-order valence-corrected chi connectivity index (χ4v) is 6.22. The van der Waals surface area contributed by atoms with Crippen molar-refractivity contribution >= 4 is 46.3 Å². The Morgan fingerprint density at radius 2 is 1.62 bits per heavy atom. The van der Waals surface area contributed by atoms with E-state index in [0.717, 1.165) is 24.2 Å². The molecule has 280 valence electrons. The van der Waals surface area contributed by atoms with E-state index in [-0.39, 0.29) is 36.1 Å². The lowest BCUT2D eigenvalue weighted by Gasteiger charge is -2.31. The molecule has 52 heavy (non-hydrogen) atoms. The number of anilines is 1. The van der Waals surface area contributed by atoms with Gasteiger partial charge in [-0.15, -0.1) is 0 Å².